The van der Waals surface area contributed by atoms with Crippen LogP contribution in [0.1, 0.15) is 46.4 Å². The van der Waals surface area contributed by atoms with Crippen LogP contribution in [0.2, 0.25) is 0 Å². The molecule has 0 aromatic carbocycles. The summed E-state index contributed by atoms with van der Waals surface area (Å²) in [6, 6.07) is 0.555. The van der Waals surface area contributed by atoms with Crippen LogP contribution in [0.5, 0.6) is 0 Å². The molecule has 17 heavy (non-hydrogen) atoms. The van der Waals surface area contributed by atoms with Gasteiger partial charge in [0.15, 0.2) is 0 Å². The fraction of sp³-hybridized carbons (Fsp3) is 0.786. The lowest BCUT2D eigenvalue weighted by molar-refractivity contribution is 0.284. The summed E-state index contributed by atoms with van der Waals surface area (Å²) >= 11 is 0. The minimum atomic E-state index is 0.291. The normalized spacial score (nSPS) is 13.9. The molecule has 1 atom stereocenters. The molecule has 0 radical (unpaired) electrons. The minimum Gasteiger partial charge on any atom is -0.335 e. The number of hydrogen-bond acceptors (Lipinski definition) is 2. The number of imidazole rings is 1. The lowest BCUT2D eigenvalue weighted by Crippen LogP contribution is -2.30. The van der Waals surface area contributed by atoms with E-state index in [-0.39, 0.29) is 0 Å². The number of nitrogens with one attached hydrogen (secondary N) is 1. The molecule has 1 N–H and O–H groups in total. The highest BCUT2D eigenvalue weighted by Crippen LogP contribution is 2.26. The molecule has 0 aliphatic rings. The van der Waals surface area contributed by atoms with Gasteiger partial charge in [-0.3, -0.25) is 0 Å². The van der Waals surface area contributed by atoms with Crippen LogP contribution < -0.4 is 5.32 Å². The van der Waals surface area contributed by atoms with Gasteiger partial charge in [-0.05, 0) is 32.2 Å². The van der Waals surface area contributed by atoms with Gasteiger partial charge in [0.1, 0.15) is 5.82 Å². The van der Waals surface area contributed by atoms with Crippen LogP contribution in [0.3, 0.4) is 0 Å². The molecule has 0 saturated carbocycles. The molecule has 0 amide bonds. The van der Waals surface area contributed by atoms with Gasteiger partial charge >= 0.3 is 0 Å². The van der Waals surface area contributed by atoms with Crippen LogP contribution in [-0.2, 0) is 13.0 Å². The lowest BCUT2D eigenvalue weighted by atomic mass is 9.82. The second-order valence-electron chi connectivity index (χ2n) is 5.77. The van der Waals surface area contributed by atoms with Crippen molar-refractivity contribution in [3.05, 3.63) is 18.2 Å². The zero-order valence-electron chi connectivity index (χ0n) is 12.0. The van der Waals surface area contributed by atoms with E-state index in [9.17, 15) is 0 Å². The number of rotatable bonds is 7. The van der Waals surface area contributed by atoms with Crippen molar-refractivity contribution in [2.75, 3.05) is 7.05 Å². The van der Waals surface area contributed by atoms with E-state index >= 15 is 0 Å². The first-order valence-electron chi connectivity index (χ1n) is 6.66. The van der Waals surface area contributed by atoms with Crippen LogP contribution in [0.25, 0.3) is 0 Å². The molecule has 3 heteroatoms. The summed E-state index contributed by atoms with van der Waals surface area (Å²) in [4.78, 5) is 4.50. The maximum absolute atomic E-state index is 4.50. The van der Waals surface area contributed by atoms with Crippen molar-refractivity contribution in [1.29, 1.82) is 0 Å². The molecular weight excluding hydrogens is 210 g/mol. The Morgan fingerprint density at radius 2 is 2.18 bits per heavy atom. The standard InChI is InChI=1S/C14H27N3/c1-6-8-17-9-7-16-13(17)11-14(3,4)10-12(2)15-5/h7,9,12,15H,6,8,10-11H2,1-5H3. The molecule has 0 saturated heterocycles. The molecule has 0 spiro atoms. The number of hydrogen-bond donors (Lipinski definition) is 1. The summed E-state index contributed by atoms with van der Waals surface area (Å²) in [5.74, 6) is 1.22. The van der Waals surface area contributed by atoms with Crippen LogP contribution in [0, 0.1) is 5.41 Å². The van der Waals surface area contributed by atoms with Crippen LogP contribution in [0.4, 0.5) is 0 Å². The number of nitrogens with zero attached hydrogens (tertiary/aromatic N) is 2. The van der Waals surface area contributed by atoms with Gasteiger partial charge in [0.2, 0.25) is 0 Å². The van der Waals surface area contributed by atoms with Crippen molar-refractivity contribution in [2.24, 2.45) is 5.41 Å². The molecule has 1 aromatic heterocycles. The molecule has 1 heterocycles. The molecule has 1 rings (SSSR count). The lowest BCUT2D eigenvalue weighted by Gasteiger charge is -2.28. The summed E-state index contributed by atoms with van der Waals surface area (Å²) in [7, 11) is 2.03. The third-order valence-corrected chi connectivity index (χ3v) is 3.25. The van der Waals surface area contributed by atoms with Gasteiger partial charge in [-0.25, -0.2) is 4.98 Å². The maximum atomic E-state index is 4.50. The van der Waals surface area contributed by atoms with E-state index in [0.717, 1.165) is 19.4 Å². The van der Waals surface area contributed by atoms with E-state index in [4.69, 9.17) is 0 Å². The third-order valence-electron chi connectivity index (χ3n) is 3.25. The largest absolute Gasteiger partial charge is 0.335 e. The first-order valence-corrected chi connectivity index (χ1v) is 6.66. The van der Waals surface area contributed by atoms with E-state index in [0.29, 0.717) is 11.5 Å². The summed E-state index contributed by atoms with van der Waals surface area (Å²) in [6.07, 6.45) is 7.39. The highest BCUT2D eigenvalue weighted by molar-refractivity contribution is 4.97. The zero-order valence-corrected chi connectivity index (χ0v) is 12.0. The number of aromatic nitrogens is 2. The Labute approximate surface area is 106 Å². The van der Waals surface area contributed by atoms with Gasteiger partial charge in [0.05, 0.1) is 0 Å². The Morgan fingerprint density at radius 3 is 2.76 bits per heavy atom. The van der Waals surface area contributed by atoms with Gasteiger partial charge in [-0.15, -0.1) is 0 Å². The predicted molar refractivity (Wildman–Crippen MR) is 73.1 cm³/mol. The average molecular weight is 237 g/mol. The highest BCUT2D eigenvalue weighted by atomic mass is 15.1. The number of aryl methyl sites for hydroxylation is 1. The molecule has 98 valence electrons. The molecule has 0 fully saturated rings. The summed E-state index contributed by atoms with van der Waals surface area (Å²) in [5.41, 5.74) is 0.291. The van der Waals surface area contributed by atoms with Gasteiger partial charge in [0.25, 0.3) is 0 Å². The summed E-state index contributed by atoms with van der Waals surface area (Å²) in [6.45, 7) is 10.2. The van der Waals surface area contributed by atoms with Crippen molar-refractivity contribution in [2.45, 2.75) is 59.5 Å². The smallest absolute Gasteiger partial charge is 0.109 e. The average Bonchev–Trinajstić information content (AvgIpc) is 2.65. The van der Waals surface area contributed by atoms with Crippen molar-refractivity contribution < 1.29 is 0 Å². The van der Waals surface area contributed by atoms with Crippen LogP contribution in [0.15, 0.2) is 12.4 Å². The SMILES string of the molecule is CCCn1ccnc1CC(C)(C)CC(C)NC. The monoisotopic (exact) mass is 237 g/mol. The summed E-state index contributed by atoms with van der Waals surface area (Å²) in [5, 5.41) is 3.31. The first kappa shape index (κ1) is 14.2. The van der Waals surface area contributed by atoms with E-state index < -0.39 is 0 Å². The predicted octanol–water partition coefficient (Wildman–Crippen LogP) is 2.86. The van der Waals surface area contributed by atoms with Crippen LogP contribution >= 0.6 is 0 Å². The van der Waals surface area contributed by atoms with Crippen molar-refractivity contribution in [1.82, 2.24) is 14.9 Å². The van der Waals surface area contributed by atoms with E-state index in [1.807, 2.05) is 13.2 Å². The van der Waals surface area contributed by atoms with E-state index in [2.05, 4.69) is 48.8 Å². The van der Waals surface area contributed by atoms with Crippen molar-refractivity contribution in [3.63, 3.8) is 0 Å². The Bertz CT molecular complexity index is 328. The Balaban J connectivity index is 2.65. The van der Waals surface area contributed by atoms with Gasteiger partial charge in [0, 0.05) is 31.4 Å². The molecule has 1 aromatic rings. The second kappa shape index (κ2) is 6.20. The molecule has 0 aliphatic heterocycles. The molecular formula is C14H27N3. The Morgan fingerprint density at radius 1 is 1.47 bits per heavy atom. The maximum Gasteiger partial charge on any atom is 0.109 e. The fourth-order valence-electron chi connectivity index (χ4n) is 2.38. The summed E-state index contributed by atoms with van der Waals surface area (Å²) < 4.78 is 2.28. The van der Waals surface area contributed by atoms with E-state index in [1.165, 1.54) is 12.2 Å². The molecule has 0 aliphatic carbocycles. The minimum absolute atomic E-state index is 0.291. The third kappa shape index (κ3) is 4.50. The van der Waals surface area contributed by atoms with E-state index in [1.54, 1.807) is 0 Å². The fourth-order valence-corrected chi connectivity index (χ4v) is 2.38. The zero-order chi connectivity index (χ0) is 12.9. The second-order valence-corrected chi connectivity index (χ2v) is 5.77. The first-order chi connectivity index (χ1) is 7.98. The van der Waals surface area contributed by atoms with Gasteiger partial charge < -0.3 is 9.88 Å². The molecule has 1 unspecified atom stereocenters. The highest BCUT2D eigenvalue weighted by Gasteiger charge is 2.23. The van der Waals surface area contributed by atoms with Gasteiger partial charge in [-0.2, -0.15) is 0 Å². The topological polar surface area (TPSA) is 29.9 Å². The van der Waals surface area contributed by atoms with Crippen molar-refractivity contribution >= 4 is 0 Å². The Kier molecular flexibility index (Phi) is 5.19. The van der Waals surface area contributed by atoms with Crippen molar-refractivity contribution in [3.8, 4) is 0 Å². The van der Waals surface area contributed by atoms with Gasteiger partial charge in [-0.1, -0.05) is 20.8 Å². The Hall–Kier alpha value is -0.830. The quantitative estimate of drug-likeness (QED) is 0.790. The molecule has 3 nitrogen and oxygen atoms in total. The molecule has 0 bridgehead atoms. The van der Waals surface area contributed by atoms with Crippen LogP contribution in [-0.4, -0.2) is 22.6 Å².